The van der Waals surface area contributed by atoms with Crippen LogP contribution < -0.4 is 10.2 Å². The summed E-state index contributed by atoms with van der Waals surface area (Å²) in [7, 11) is 0. The maximum Gasteiger partial charge on any atom is 0.271 e. The molecule has 0 saturated heterocycles. The van der Waals surface area contributed by atoms with Crippen LogP contribution in [0.3, 0.4) is 0 Å². The molecule has 3 aromatic rings. The van der Waals surface area contributed by atoms with E-state index in [9.17, 15) is 4.79 Å². The second kappa shape index (κ2) is 8.46. The number of carbonyl (C=O) groups is 1. The minimum atomic E-state index is -0.267. The zero-order valence-electron chi connectivity index (χ0n) is 13.2. The highest BCUT2D eigenvalue weighted by Gasteiger charge is 2.04. The largest absolute Gasteiger partial charge is 0.489 e. The van der Waals surface area contributed by atoms with Crippen molar-refractivity contribution in [2.75, 3.05) is 0 Å². The van der Waals surface area contributed by atoms with E-state index in [1.54, 1.807) is 41.8 Å². The van der Waals surface area contributed by atoms with Crippen LogP contribution in [0.4, 0.5) is 0 Å². The minimum Gasteiger partial charge on any atom is -0.489 e. The van der Waals surface area contributed by atoms with Crippen LogP contribution in [0.5, 0.6) is 5.75 Å². The average Bonchev–Trinajstić information content (AvgIpc) is 3.15. The van der Waals surface area contributed by atoms with Crippen LogP contribution in [0.1, 0.15) is 20.8 Å². The number of halogens is 1. The van der Waals surface area contributed by atoms with Crippen molar-refractivity contribution in [2.24, 2.45) is 5.10 Å². The number of carbonyl (C=O) groups excluding carboxylic acids is 1. The van der Waals surface area contributed by atoms with E-state index in [4.69, 9.17) is 16.3 Å². The van der Waals surface area contributed by atoms with Crippen molar-refractivity contribution in [1.82, 2.24) is 5.43 Å². The predicted octanol–water partition coefficient (Wildman–Crippen LogP) is 4.74. The first-order valence-corrected chi connectivity index (χ1v) is 8.81. The van der Waals surface area contributed by atoms with Crippen LogP contribution in [0.2, 0.25) is 5.02 Å². The van der Waals surface area contributed by atoms with Gasteiger partial charge in [-0.3, -0.25) is 4.79 Å². The third-order valence-corrected chi connectivity index (χ3v) is 4.40. The Bertz CT molecular complexity index is 844. The fourth-order valence-electron chi connectivity index (χ4n) is 2.03. The number of thiophene rings is 1. The first kappa shape index (κ1) is 17.2. The monoisotopic (exact) mass is 370 g/mol. The van der Waals surface area contributed by atoms with Gasteiger partial charge in [0.2, 0.25) is 0 Å². The average molecular weight is 371 g/mol. The lowest BCUT2D eigenvalue weighted by molar-refractivity contribution is 0.0955. The Morgan fingerprint density at radius 1 is 1.12 bits per heavy atom. The van der Waals surface area contributed by atoms with Gasteiger partial charge in [-0.2, -0.15) is 5.10 Å². The molecule has 1 N–H and O–H groups in total. The van der Waals surface area contributed by atoms with Gasteiger partial charge in [-0.15, -0.1) is 11.3 Å². The van der Waals surface area contributed by atoms with E-state index >= 15 is 0 Å². The number of hydrazone groups is 1. The fourth-order valence-corrected chi connectivity index (χ4v) is 2.74. The summed E-state index contributed by atoms with van der Waals surface area (Å²) in [6.45, 7) is 0.438. The van der Waals surface area contributed by atoms with Gasteiger partial charge in [0, 0.05) is 15.5 Å². The summed E-state index contributed by atoms with van der Waals surface area (Å²) >= 11 is 7.41. The van der Waals surface area contributed by atoms with Gasteiger partial charge in [0.15, 0.2) is 0 Å². The molecule has 1 heterocycles. The third-order valence-electron chi connectivity index (χ3n) is 3.34. The van der Waals surface area contributed by atoms with E-state index in [-0.39, 0.29) is 5.91 Å². The Hall–Kier alpha value is -2.63. The van der Waals surface area contributed by atoms with Crippen LogP contribution >= 0.6 is 22.9 Å². The number of nitrogens with zero attached hydrogens (tertiary/aromatic N) is 1. The molecule has 3 rings (SSSR count). The fraction of sp³-hybridized carbons (Fsp3) is 0.0526. The van der Waals surface area contributed by atoms with Gasteiger partial charge in [-0.1, -0.05) is 29.8 Å². The lowest BCUT2D eigenvalue weighted by Crippen LogP contribution is -2.17. The number of benzene rings is 2. The van der Waals surface area contributed by atoms with Crippen molar-refractivity contribution in [1.29, 1.82) is 0 Å². The lowest BCUT2D eigenvalue weighted by Gasteiger charge is -2.07. The van der Waals surface area contributed by atoms with Crippen molar-refractivity contribution >= 4 is 35.1 Å². The molecule has 6 heteroatoms. The number of hydrogen-bond donors (Lipinski definition) is 1. The van der Waals surface area contributed by atoms with E-state index in [2.05, 4.69) is 10.5 Å². The summed E-state index contributed by atoms with van der Waals surface area (Å²) in [6.07, 6.45) is 1.62. The number of nitrogens with one attached hydrogen (secondary N) is 1. The maximum atomic E-state index is 12.0. The van der Waals surface area contributed by atoms with Crippen molar-refractivity contribution in [3.63, 3.8) is 0 Å². The van der Waals surface area contributed by atoms with Crippen LogP contribution in [0.25, 0.3) is 0 Å². The standard InChI is InChI=1S/C19H15ClN2O2S/c20-16-7-3-14(4-8-16)13-24-17-9-5-15(6-10-17)19(23)22-21-12-18-2-1-11-25-18/h1-12H,13H2,(H,22,23)/b21-12-. The van der Waals surface area contributed by atoms with Crippen LogP contribution in [0, 0.1) is 0 Å². The minimum absolute atomic E-state index is 0.267. The molecule has 0 bridgehead atoms. The van der Waals surface area contributed by atoms with Crippen molar-refractivity contribution in [2.45, 2.75) is 6.61 Å². The Kier molecular flexibility index (Phi) is 5.82. The molecule has 0 aliphatic heterocycles. The Morgan fingerprint density at radius 2 is 1.88 bits per heavy atom. The van der Waals surface area contributed by atoms with Crippen LogP contribution in [-0.2, 0) is 6.61 Å². The second-order valence-corrected chi connectivity index (χ2v) is 6.57. The summed E-state index contributed by atoms with van der Waals surface area (Å²) in [5.41, 5.74) is 4.04. The molecule has 2 aromatic carbocycles. The summed E-state index contributed by atoms with van der Waals surface area (Å²) in [6, 6.07) is 18.2. The molecular formula is C19H15ClN2O2S. The van der Waals surface area contributed by atoms with E-state index in [0.29, 0.717) is 22.9 Å². The van der Waals surface area contributed by atoms with Gasteiger partial charge < -0.3 is 4.74 Å². The van der Waals surface area contributed by atoms with Crippen LogP contribution in [-0.4, -0.2) is 12.1 Å². The molecule has 0 saturated carbocycles. The maximum absolute atomic E-state index is 12.0. The molecule has 0 aliphatic rings. The van der Waals surface area contributed by atoms with Crippen molar-refractivity contribution in [3.8, 4) is 5.75 Å². The SMILES string of the molecule is O=C(N/N=C\c1cccs1)c1ccc(OCc2ccc(Cl)cc2)cc1. The van der Waals surface area contributed by atoms with E-state index < -0.39 is 0 Å². The molecule has 25 heavy (non-hydrogen) atoms. The summed E-state index contributed by atoms with van der Waals surface area (Å²) in [4.78, 5) is 13.0. The normalized spacial score (nSPS) is 10.8. The van der Waals surface area contributed by atoms with Gasteiger partial charge in [-0.25, -0.2) is 5.43 Å². The first-order valence-electron chi connectivity index (χ1n) is 7.55. The first-order chi connectivity index (χ1) is 12.2. The molecule has 0 spiro atoms. The van der Waals surface area contributed by atoms with Crippen LogP contribution in [0.15, 0.2) is 71.1 Å². The van der Waals surface area contributed by atoms with Gasteiger partial charge in [0.1, 0.15) is 12.4 Å². The number of rotatable bonds is 6. The molecule has 1 amide bonds. The summed E-state index contributed by atoms with van der Waals surface area (Å²) < 4.78 is 5.69. The predicted molar refractivity (Wildman–Crippen MR) is 102 cm³/mol. The number of amides is 1. The quantitative estimate of drug-likeness (QED) is 0.503. The molecule has 0 unspecified atom stereocenters. The molecule has 1 aromatic heterocycles. The van der Waals surface area contributed by atoms with Crippen molar-refractivity contribution < 1.29 is 9.53 Å². The highest BCUT2D eigenvalue weighted by molar-refractivity contribution is 7.11. The Morgan fingerprint density at radius 3 is 2.56 bits per heavy atom. The van der Waals surface area contributed by atoms with Gasteiger partial charge in [-0.05, 0) is 53.4 Å². The molecular weight excluding hydrogens is 356 g/mol. The Balaban J connectivity index is 1.52. The van der Waals surface area contributed by atoms with E-state index in [1.165, 1.54) is 0 Å². The molecule has 0 radical (unpaired) electrons. The third kappa shape index (κ3) is 5.17. The van der Waals surface area contributed by atoms with Gasteiger partial charge in [0.05, 0.1) is 6.21 Å². The molecule has 0 fully saturated rings. The van der Waals surface area contributed by atoms with Gasteiger partial charge >= 0.3 is 0 Å². The zero-order valence-corrected chi connectivity index (χ0v) is 14.8. The highest BCUT2D eigenvalue weighted by Crippen LogP contribution is 2.16. The van der Waals surface area contributed by atoms with E-state index in [1.807, 2.05) is 41.8 Å². The van der Waals surface area contributed by atoms with Crippen molar-refractivity contribution in [3.05, 3.63) is 87.1 Å². The van der Waals surface area contributed by atoms with Gasteiger partial charge in [0.25, 0.3) is 5.91 Å². The zero-order chi connectivity index (χ0) is 17.5. The smallest absolute Gasteiger partial charge is 0.271 e. The summed E-state index contributed by atoms with van der Waals surface area (Å²) in [5, 5.41) is 6.59. The second-order valence-electron chi connectivity index (χ2n) is 5.15. The molecule has 0 aliphatic carbocycles. The molecule has 0 atom stereocenters. The highest BCUT2D eigenvalue weighted by atomic mass is 35.5. The molecule has 4 nitrogen and oxygen atoms in total. The molecule has 126 valence electrons. The van der Waals surface area contributed by atoms with E-state index in [0.717, 1.165) is 10.4 Å². The number of hydrogen-bond acceptors (Lipinski definition) is 4. The Labute approximate surface area is 154 Å². The number of ether oxygens (including phenoxy) is 1. The summed E-state index contributed by atoms with van der Waals surface area (Å²) in [5.74, 6) is 0.422. The lowest BCUT2D eigenvalue weighted by atomic mass is 10.2. The topological polar surface area (TPSA) is 50.7 Å².